The Morgan fingerprint density at radius 1 is 0.912 bits per heavy atom. The van der Waals surface area contributed by atoms with Crippen LogP contribution < -0.4 is 19.6 Å². The van der Waals surface area contributed by atoms with E-state index >= 15 is 0 Å². The van der Waals surface area contributed by atoms with Gasteiger partial charge >= 0.3 is 0 Å². The lowest BCUT2D eigenvalue weighted by molar-refractivity contribution is 0.0954. The normalized spacial score (nSPS) is 10.8. The second kappa shape index (κ2) is 13.7. The van der Waals surface area contributed by atoms with E-state index in [9.17, 15) is 4.79 Å². The molecule has 6 heteroatoms. The van der Waals surface area contributed by atoms with Crippen LogP contribution >= 0.6 is 0 Å². The molecule has 0 atom stereocenters. The Bertz CT molecular complexity index is 1050. The minimum Gasteiger partial charge on any atom is -0.494 e. The maximum atomic E-state index is 12.5. The summed E-state index contributed by atoms with van der Waals surface area (Å²) in [6.45, 7) is 3.33. The Labute approximate surface area is 201 Å². The van der Waals surface area contributed by atoms with Crippen LogP contribution in [0.2, 0.25) is 0 Å². The maximum absolute atomic E-state index is 12.5. The monoisotopic (exact) mass is 460 g/mol. The number of carbonyl (C=O) groups is 1. The van der Waals surface area contributed by atoms with Crippen molar-refractivity contribution in [1.82, 2.24) is 5.43 Å². The number of hydrazone groups is 1. The topological polar surface area (TPSA) is 69.2 Å². The number of rotatable bonds is 13. The first-order valence-electron chi connectivity index (χ1n) is 11.6. The van der Waals surface area contributed by atoms with Crippen molar-refractivity contribution >= 4 is 12.1 Å². The van der Waals surface area contributed by atoms with Crippen molar-refractivity contribution < 1.29 is 19.0 Å². The fourth-order valence-electron chi connectivity index (χ4n) is 3.26. The highest BCUT2D eigenvalue weighted by molar-refractivity contribution is 5.95. The molecule has 3 aromatic rings. The zero-order valence-corrected chi connectivity index (χ0v) is 19.8. The fourth-order valence-corrected chi connectivity index (χ4v) is 3.26. The number of nitrogens with one attached hydrogen (secondary N) is 1. The number of methoxy groups -OCH3 is 1. The van der Waals surface area contributed by atoms with Crippen LogP contribution in [0.3, 0.4) is 0 Å². The average Bonchev–Trinajstić information content (AvgIpc) is 2.88. The largest absolute Gasteiger partial charge is 0.494 e. The molecule has 0 unspecified atom stereocenters. The maximum Gasteiger partial charge on any atom is 0.271 e. The third kappa shape index (κ3) is 7.96. The van der Waals surface area contributed by atoms with Gasteiger partial charge in [0, 0.05) is 5.56 Å². The van der Waals surface area contributed by atoms with Gasteiger partial charge in [0.2, 0.25) is 0 Å². The molecule has 0 bridgehead atoms. The summed E-state index contributed by atoms with van der Waals surface area (Å²) in [6, 6.07) is 22.5. The Balaban J connectivity index is 1.50. The summed E-state index contributed by atoms with van der Waals surface area (Å²) in [4.78, 5) is 12.5. The van der Waals surface area contributed by atoms with Gasteiger partial charge in [-0.15, -0.1) is 0 Å². The van der Waals surface area contributed by atoms with Gasteiger partial charge in [-0.05, 0) is 60.0 Å². The molecule has 34 heavy (non-hydrogen) atoms. The number of hydrogen-bond acceptors (Lipinski definition) is 5. The summed E-state index contributed by atoms with van der Waals surface area (Å²) in [5, 5.41) is 4.06. The predicted octanol–water partition coefficient (Wildman–Crippen LogP) is 6.00. The second-order valence-corrected chi connectivity index (χ2v) is 7.82. The number of carbonyl (C=O) groups excluding carboxylic acids is 1. The van der Waals surface area contributed by atoms with Crippen molar-refractivity contribution in [1.29, 1.82) is 0 Å². The van der Waals surface area contributed by atoms with E-state index in [1.807, 2.05) is 54.6 Å². The van der Waals surface area contributed by atoms with E-state index in [1.165, 1.54) is 19.3 Å². The third-order valence-corrected chi connectivity index (χ3v) is 5.19. The molecule has 0 radical (unpaired) electrons. The number of nitrogens with zero attached hydrogens (tertiary/aromatic N) is 1. The SMILES string of the molecule is CCCCCCOc1ccc(C=NNC(=O)c2ccc(OCc3ccccc3)c(OC)c2)cc1. The Hall–Kier alpha value is -3.80. The first kappa shape index (κ1) is 24.8. The number of benzene rings is 3. The molecule has 178 valence electrons. The van der Waals surface area contributed by atoms with E-state index in [0.29, 0.717) is 23.7 Å². The van der Waals surface area contributed by atoms with Gasteiger partial charge in [0.15, 0.2) is 11.5 Å². The van der Waals surface area contributed by atoms with Gasteiger partial charge in [-0.1, -0.05) is 56.5 Å². The zero-order valence-electron chi connectivity index (χ0n) is 19.8. The van der Waals surface area contributed by atoms with Crippen LogP contribution in [-0.2, 0) is 6.61 Å². The first-order chi connectivity index (χ1) is 16.7. The summed E-state index contributed by atoms with van der Waals surface area (Å²) >= 11 is 0. The molecule has 0 aliphatic rings. The van der Waals surface area contributed by atoms with E-state index < -0.39 is 0 Å². The predicted molar refractivity (Wildman–Crippen MR) is 135 cm³/mol. The molecular weight excluding hydrogens is 428 g/mol. The van der Waals surface area contributed by atoms with Crippen LogP contribution in [0.25, 0.3) is 0 Å². The van der Waals surface area contributed by atoms with Crippen molar-refractivity contribution in [2.75, 3.05) is 13.7 Å². The standard InChI is InChI=1S/C28H32N2O4/c1-3-4-5-9-18-33-25-15-12-22(13-16-25)20-29-30-28(31)24-14-17-26(27(19-24)32-2)34-21-23-10-7-6-8-11-23/h6-8,10-17,19-20H,3-5,9,18,21H2,1-2H3,(H,30,31). The number of unbranched alkanes of at least 4 members (excludes halogenated alkanes) is 3. The van der Waals surface area contributed by atoms with Gasteiger partial charge in [-0.25, -0.2) is 5.43 Å². The molecule has 0 aromatic heterocycles. The number of hydrogen-bond donors (Lipinski definition) is 1. The molecule has 3 aromatic carbocycles. The minimum absolute atomic E-state index is 0.337. The lowest BCUT2D eigenvalue weighted by Crippen LogP contribution is -2.17. The molecule has 3 rings (SSSR count). The Kier molecular flexibility index (Phi) is 9.99. The molecule has 0 heterocycles. The highest BCUT2D eigenvalue weighted by Crippen LogP contribution is 2.29. The van der Waals surface area contributed by atoms with Crippen molar-refractivity contribution in [2.45, 2.75) is 39.2 Å². The fraction of sp³-hybridized carbons (Fsp3) is 0.286. The molecule has 0 aliphatic heterocycles. The lowest BCUT2D eigenvalue weighted by atomic mass is 10.2. The van der Waals surface area contributed by atoms with Crippen molar-refractivity contribution in [2.24, 2.45) is 5.10 Å². The molecule has 0 saturated carbocycles. The van der Waals surface area contributed by atoms with E-state index in [-0.39, 0.29) is 5.91 Å². The number of ether oxygens (including phenoxy) is 3. The average molecular weight is 461 g/mol. The van der Waals surface area contributed by atoms with Gasteiger partial charge in [0.1, 0.15) is 12.4 Å². The quantitative estimate of drug-likeness (QED) is 0.193. The van der Waals surface area contributed by atoms with Crippen molar-refractivity contribution in [3.63, 3.8) is 0 Å². The van der Waals surface area contributed by atoms with Crippen molar-refractivity contribution in [3.05, 3.63) is 89.5 Å². The van der Waals surface area contributed by atoms with Crippen molar-refractivity contribution in [3.8, 4) is 17.2 Å². The van der Waals surface area contributed by atoms with Gasteiger partial charge in [-0.3, -0.25) is 4.79 Å². The van der Waals surface area contributed by atoms with Gasteiger partial charge in [-0.2, -0.15) is 5.10 Å². The highest BCUT2D eigenvalue weighted by Gasteiger charge is 2.11. The highest BCUT2D eigenvalue weighted by atomic mass is 16.5. The summed E-state index contributed by atoms with van der Waals surface area (Å²) < 4.78 is 17.0. The molecule has 0 spiro atoms. The summed E-state index contributed by atoms with van der Waals surface area (Å²) in [6.07, 6.45) is 6.30. The summed E-state index contributed by atoms with van der Waals surface area (Å²) in [5.74, 6) is 1.55. The third-order valence-electron chi connectivity index (χ3n) is 5.19. The Morgan fingerprint density at radius 3 is 2.44 bits per heavy atom. The smallest absolute Gasteiger partial charge is 0.271 e. The minimum atomic E-state index is -0.337. The summed E-state index contributed by atoms with van der Waals surface area (Å²) in [7, 11) is 1.54. The van der Waals surface area contributed by atoms with E-state index in [4.69, 9.17) is 14.2 Å². The number of amides is 1. The van der Waals surface area contributed by atoms with Crippen LogP contribution in [0, 0.1) is 0 Å². The molecule has 6 nitrogen and oxygen atoms in total. The first-order valence-corrected chi connectivity index (χ1v) is 11.6. The van der Waals surface area contributed by atoms with Gasteiger partial charge in [0.05, 0.1) is 19.9 Å². The van der Waals surface area contributed by atoms with Crippen LogP contribution in [0.15, 0.2) is 77.9 Å². The van der Waals surface area contributed by atoms with Gasteiger partial charge < -0.3 is 14.2 Å². The second-order valence-electron chi connectivity index (χ2n) is 7.82. The van der Waals surface area contributed by atoms with E-state index in [0.717, 1.165) is 29.9 Å². The lowest BCUT2D eigenvalue weighted by Gasteiger charge is -2.12. The zero-order chi connectivity index (χ0) is 24.0. The van der Waals surface area contributed by atoms with Crippen LogP contribution in [0.1, 0.15) is 54.1 Å². The molecule has 0 fully saturated rings. The molecule has 1 amide bonds. The van der Waals surface area contributed by atoms with Crippen LogP contribution in [0.4, 0.5) is 0 Å². The van der Waals surface area contributed by atoms with Crippen LogP contribution in [0.5, 0.6) is 17.2 Å². The molecular formula is C28H32N2O4. The van der Waals surface area contributed by atoms with E-state index in [2.05, 4.69) is 17.5 Å². The molecule has 1 N–H and O–H groups in total. The Morgan fingerprint density at radius 2 is 1.71 bits per heavy atom. The van der Waals surface area contributed by atoms with E-state index in [1.54, 1.807) is 31.5 Å². The summed E-state index contributed by atoms with van der Waals surface area (Å²) in [5.41, 5.74) is 4.88. The van der Waals surface area contributed by atoms with Gasteiger partial charge in [0.25, 0.3) is 5.91 Å². The molecule has 0 aliphatic carbocycles. The molecule has 0 saturated heterocycles. The van der Waals surface area contributed by atoms with Crippen LogP contribution in [-0.4, -0.2) is 25.8 Å².